The molecule has 2 aromatic rings. The molecule has 1 unspecified atom stereocenters. The molecule has 0 saturated carbocycles. The van der Waals surface area contributed by atoms with Gasteiger partial charge < -0.3 is 15.4 Å². The number of amides is 2. The van der Waals surface area contributed by atoms with Gasteiger partial charge in [0.05, 0.1) is 6.04 Å². The van der Waals surface area contributed by atoms with Crippen molar-refractivity contribution in [1.29, 1.82) is 0 Å². The Balaban J connectivity index is 1.96. The normalized spacial score (nSPS) is 11.4. The first-order valence-electron chi connectivity index (χ1n) is 6.95. The zero-order valence-corrected chi connectivity index (χ0v) is 12.5. The summed E-state index contributed by atoms with van der Waals surface area (Å²) in [6.45, 7) is 3.23. The van der Waals surface area contributed by atoms with E-state index < -0.39 is 5.97 Å². The second-order valence-corrected chi connectivity index (χ2v) is 4.85. The van der Waals surface area contributed by atoms with Crippen LogP contribution in [-0.2, 0) is 4.79 Å². The first-order valence-corrected chi connectivity index (χ1v) is 6.95. The maximum Gasteiger partial charge on any atom is 0.319 e. The van der Waals surface area contributed by atoms with Crippen LogP contribution in [0.3, 0.4) is 0 Å². The molecule has 2 rings (SSSR count). The number of anilines is 1. The van der Waals surface area contributed by atoms with Gasteiger partial charge in [0, 0.05) is 18.7 Å². The summed E-state index contributed by atoms with van der Waals surface area (Å²) in [5, 5.41) is 5.56. The number of nitrogens with one attached hydrogen (secondary N) is 2. The summed E-state index contributed by atoms with van der Waals surface area (Å²) in [6.07, 6.45) is 0. The van der Waals surface area contributed by atoms with Crippen LogP contribution in [0.15, 0.2) is 54.6 Å². The Morgan fingerprint density at radius 2 is 1.77 bits per heavy atom. The molecular weight excluding hydrogens is 280 g/mol. The van der Waals surface area contributed by atoms with Gasteiger partial charge in [-0.25, -0.2) is 4.79 Å². The molecule has 0 fully saturated rings. The molecule has 5 heteroatoms. The van der Waals surface area contributed by atoms with E-state index in [0.29, 0.717) is 11.4 Å². The van der Waals surface area contributed by atoms with Crippen molar-refractivity contribution >= 4 is 17.7 Å². The fourth-order valence-electron chi connectivity index (χ4n) is 1.99. The van der Waals surface area contributed by atoms with Gasteiger partial charge in [-0.15, -0.1) is 0 Å². The lowest BCUT2D eigenvalue weighted by molar-refractivity contribution is -0.131. The first-order chi connectivity index (χ1) is 10.5. The maximum absolute atomic E-state index is 12.0. The number of carbonyl (C=O) groups excluding carboxylic acids is 2. The fourth-order valence-corrected chi connectivity index (χ4v) is 1.99. The van der Waals surface area contributed by atoms with Crippen LogP contribution in [0.2, 0.25) is 0 Å². The number of esters is 1. The summed E-state index contributed by atoms with van der Waals surface area (Å²) in [6, 6.07) is 15.9. The second-order valence-electron chi connectivity index (χ2n) is 4.85. The molecule has 0 radical (unpaired) electrons. The van der Waals surface area contributed by atoms with Crippen molar-refractivity contribution in [2.75, 3.05) is 5.32 Å². The average molecular weight is 298 g/mol. The minimum absolute atomic E-state index is 0.113. The standard InChI is InChI=1S/C17H18N2O3/c1-12(14-7-4-3-5-8-14)18-17(21)19-15-9-6-10-16(11-15)22-13(2)20/h3-12H,1-2H3,(H2,18,19,21). The molecule has 22 heavy (non-hydrogen) atoms. The molecule has 2 aromatic carbocycles. The van der Waals surface area contributed by atoms with Gasteiger partial charge in [-0.1, -0.05) is 36.4 Å². The van der Waals surface area contributed by atoms with Gasteiger partial charge in [-0.3, -0.25) is 4.79 Å². The highest BCUT2D eigenvalue weighted by Crippen LogP contribution is 2.18. The number of hydrogen-bond donors (Lipinski definition) is 2. The minimum Gasteiger partial charge on any atom is -0.427 e. The van der Waals surface area contributed by atoms with Crippen LogP contribution < -0.4 is 15.4 Å². The van der Waals surface area contributed by atoms with Crippen molar-refractivity contribution in [2.24, 2.45) is 0 Å². The summed E-state index contributed by atoms with van der Waals surface area (Å²) in [4.78, 5) is 22.9. The molecule has 0 spiro atoms. The van der Waals surface area contributed by atoms with Gasteiger partial charge >= 0.3 is 12.0 Å². The van der Waals surface area contributed by atoms with E-state index in [1.807, 2.05) is 37.3 Å². The monoisotopic (exact) mass is 298 g/mol. The van der Waals surface area contributed by atoms with E-state index in [-0.39, 0.29) is 12.1 Å². The highest BCUT2D eigenvalue weighted by Gasteiger charge is 2.09. The van der Waals surface area contributed by atoms with Crippen LogP contribution in [0, 0.1) is 0 Å². The summed E-state index contributed by atoms with van der Waals surface area (Å²) in [7, 11) is 0. The number of urea groups is 1. The molecule has 0 aliphatic rings. The van der Waals surface area contributed by atoms with Gasteiger partial charge in [-0.2, -0.15) is 0 Å². The Bertz CT molecular complexity index is 656. The Labute approximate surface area is 129 Å². The Kier molecular flexibility index (Phi) is 5.14. The topological polar surface area (TPSA) is 67.4 Å². The van der Waals surface area contributed by atoms with E-state index in [1.165, 1.54) is 6.92 Å². The summed E-state index contributed by atoms with van der Waals surface area (Å²) in [5.41, 5.74) is 1.57. The third kappa shape index (κ3) is 4.63. The molecule has 2 N–H and O–H groups in total. The number of ether oxygens (including phenoxy) is 1. The van der Waals surface area contributed by atoms with Crippen molar-refractivity contribution in [3.8, 4) is 5.75 Å². The first kappa shape index (κ1) is 15.6. The van der Waals surface area contributed by atoms with Crippen LogP contribution in [0.5, 0.6) is 5.75 Å². The SMILES string of the molecule is CC(=O)Oc1cccc(NC(=O)NC(C)c2ccccc2)c1. The van der Waals surface area contributed by atoms with Crippen LogP contribution in [-0.4, -0.2) is 12.0 Å². The molecular formula is C17H18N2O3. The van der Waals surface area contributed by atoms with Crippen LogP contribution in [0.1, 0.15) is 25.5 Å². The molecule has 5 nitrogen and oxygen atoms in total. The van der Waals surface area contributed by atoms with E-state index in [9.17, 15) is 9.59 Å². The summed E-state index contributed by atoms with van der Waals surface area (Å²) < 4.78 is 4.98. The highest BCUT2D eigenvalue weighted by molar-refractivity contribution is 5.89. The third-order valence-corrected chi connectivity index (χ3v) is 3.00. The van der Waals surface area contributed by atoms with Crippen molar-refractivity contribution in [3.05, 3.63) is 60.2 Å². The molecule has 0 saturated heterocycles. The number of hydrogen-bond acceptors (Lipinski definition) is 3. The predicted molar refractivity (Wildman–Crippen MR) is 84.8 cm³/mol. The number of rotatable bonds is 4. The van der Waals surface area contributed by atoms with Crippen LogP contribution >= 0.6 is 0 Å². The molecule has 0 heterocycles. The van der Waals surface area contributed by atoms with Crippen molar-refractivity contribution < 1.29 is 14.3 Å². The zero-order chi connectivity index (χ0) is 15.9. The lowest BCUT2D eigenvalue weighted by Gasteiger charge is -2.15. The largest absolute Gasteiger partial charge is 0.427 e. The summed E-state index contributed by atoms with van der Waals surface area (Å²) in [5.74, 6) is -0.0132. The third-order valence-electron chi connectivity index (χ3n) is 3.00. The molecule has 2 amide bonds. The van der Waals surface area contributed by atoms with E-state index >= 15 is 0 Å². The van der Waals surface area contributed by atoms with Crippen molar-refractivity contribution in [3.63, 3.8) is 0 Å². The van der Waals surface area contributed by atoms with Gasteiger partial charge in [-0.05, 0) is 24.6 Å². The quantitative estimate of drug-likeness (QED) is 0.670. The Morgan fingerprint density at radius 3 is 2.45 bits per heavy atom. The molecule has 114 valence electrons. The predicted octanol–water partition coefficient (Wildman–Crippen LogP) is 3.49. The smallest absolute Gasteiger partial charge is 0.319 e. The fraction of sp³-hybridized carbons (Fsp3) is 0.176. The lowest BCUT2D eigenvalue weighted by Crippen LogP contribution is -2.31. The number of benzene rings is 2. The highest BCUT2D eigenvalue weighted by atomic mass is 16.5. The van der Waals surface area contributed by atoms with E-state index in [1.54, 1.807) is 24.3 Å². The molecule has 0 aromatic heterocycles. The van der Waals surface area contributed by atoms with Gasteiger partial charge in [0.2, 0.25) is 0 Å². The van der Waals surface area contributed by atoms with Gasteiger partial charge in [0.15, 0.2) is 0 Å². The Hall–Kier alpha value is -2.82. The Morgan fingerprint density at radius 1 is 1.05 bits per heavy atom. The van der Waals surface area contributed by atoms with Crippen molar-refractivity contribution in [2.45, 2.75) is 19.9 Å². The minimum atomic E-state index is -0.403. The molecule has 0 aliphatic heterocycles. The maximum atomic E-state index is 12.0. The van der Waals surface area contributed by atoms with E-state index in [4.69, 9.17) is 4.74 Å². The van der Waals surface area contributed by atoms with Crippen molar-refractivity contribution in [1.82, 2.24) is 5.32 Å². The molecule has 1 atom stereocenters. The van der Waals surface area contributed by atoms with Crippen LogP contribution in [0.25, 0.3) is 0 Å². The second kappa shape index (κ2) is 7.26. The van der Waals surface area contributed by atoms with E-state index in [0.717, 1.165) is 5.56 Å². The molecule has 0 aliphatic carbocycles. The molecule has 0 bridgehead atoms. The number of carbonyl (C=O) groups is 2. The summed E-state index contributed by atoms with van der Waals surface area (Å²) >= 11 is 0. The van der Waals surface area contributed by atoms with Crippen LogP contribution in [0.4, 0.5) is 10.5 Å². The zero-order valence-electron chi connectivity index (χ0n) is 12.5. The van der Waals surface area contributed by atoms with Gasteiger partial charge in [0.1, 0.15) is 5.75 Å². The average Bonchev–Trinajstić information content (AvgIpc) is 2.47. The van der Waals surface area contributed by atoms with E-state index in [2.05, 4.69) is 10.6 Å². The van der Waals surface area contributed by atoms with Gasteiger partial charge in [0.25, 0.3) is 0 Å². The lowest BCUT2D eigenvalue weighted by atomic mass is 10.1.